The zero-order valence-corrected chi connectivity index (χ0v) is 15.1. The largest absolute Gasteiger partial charge is 0.459 e. The summed E-state index contributed by atoms with van der Waals surface area (Å²) in [5, 5.41) is 3.27. The maximum Gasteiger partial charge on any atom is 0.286 e. The van der Waals surface area contributed by atoms with Crippen LogP contribution in [-0.4, -0.2) is 30.2 Å². The van der Waals surface area contributed by atoms with Crippen molar-refractivity contribution < 1.29 is 14.0 Å². The third-order valence-corrected chi connectivity index (χ3v) is 5.38. The van der Waals surface area contributed by atoms with E-state index in [1.807, 2.05) is 34.9 Å². The van der Waals surface area contributed by atoms with Gasteiger partial charge in [0.25, 0.3) is 5.91 Å². The highest BCUT2D eigenvalue weighted by atomic mass is 32.2. The van der Waals surface area contributed by atoms with Gasteiger partial charge in [-0.05, 0) is 37.1 Å². The molecule has 1 aliphatic rings. The number of carbonyl (C=O) groups excluding carboxylic acids is 2. The van der Waals surface area contributed by atoms with Gasteiger partial charge in [0.15, 0.2) is 5.76 Å². The van der Waals surface area contributed by atoms with Crippen molar-refractivity contribution >= 4 is 29.3 Å². The Balaban J connectivity index is 1.53. The SMILES string of the molecule is CC1CCN(C(=O)CCCNC(=O)c2ccco2)c2ccccc2S1. The molecule has 1 aliphatic heterocycles. The van der Waals surface area contributed by atoms with Gasteiger partial charge in [-0.25, -0.2) is 0 Å². The van der Waals surface area contributed by atoms with E-state index in [1.165, 1.54) is 6.26 Å². The van der Waals surface area contributed by atoms with Crippen molar-refractivity contribution in [2.24, 2.45) is 0 Å². The molecule has 1 atom stereocenters. The van der Waals surface area contributed by atoms with Crippen LogP contribution in [0.3, 0.4) is 0 Å². The number of thioether (sulfide) groups is 1. The van der Waals surface area contributed by atoms with Gasteiger partial charge in [-0.3, -0.25) is 9.59 Å². The fourth-order valence-electron chi connectivity index (χ4n) is 2.82. The normalized spacial score (nSPS) is 16.8. The Bertz CT molecular complexity index is 730. The fraction of sp³-hybridized carbons (Fsp3) is 0.368. The van der Waals surface area contributed by atoms with E-state index in [-0.39, 0.29) is 11.8 Å². The number of benzene rings is 1. The molecule has 0 aliphatic carbocycles. The Morgan fingerprint density at radius 1 is 1.28 bits per heavy atom. The molecule has 0 fully saturated rings. The summed E-state index contributed by atoms with van der Waals surface area (Å²) in [4.78, 5) is 27.5. The third kappa shape index (κ3) is 4.45. The molecule has 2 aromatic rings. The lowest BCUT2D eigenvalue weighted by atomic mass is 10.2. The molecule has 6 heteroatoms. The zero-order chi connectivity index (χ0) is 17.6. The smallest absolute Gasteiger partial charge is 0.286 e. The van der Waals surface area contributed by atoms with E-state index in [0.717, 1.165) is 23.5 Å². The maximum atomic E-state index is 12.7. The Hall–Kier alpha value is -2.21. The molecule has 3 rings (SSSR count). The fourth-order valence-corrected chi connectivity index (χ4v) is 3.93. The Morgan fingerprint density at radius 3 is 2.92 bits per heavy atom. The first-order chi connectivity index (χ1) is 12.1. The number of nitrogens with one attached hydrogen (secondary N) is 1. The molecule has 2 heterocycles. The summed E-state index contributed by atoms with van der Waals surface area (Å²) in [5.41, 5.74) is 1.00. The molecule has 0 saturated heterocycles. The second kappa shape index (κ2) is 8.25. The second-order valence-corrected chi connectivity index (χ2v) is 7.55. The molecular weight excluding hydrogens is 336 g/mol. The van der Waals surface area contributed by atoms with E-state index in [0.29, 0.717) is 30.4 Å². The quantitative estimate of drug-likeness (QED) is 0.828. The minimum atomic E-state index is -0.247. The molecule has 0 bridgehead atoms. The Morgan fingerprint density at radius 2 is 2.12 bits per heavy atom. The van der Waals surface area contributed by atoms with Crippen LogP contribution < -0.4 is 10.2 Å². The Labute approximate surface area is 151 Å². The summed E-state index contributed by atoms with van der Waals surface area (Å²) in [6, 6.07) is 11.4. The van der Waals surface area contributed by atoms with Gasteiger partial charge in [-0.2, -0.15) is 0 Å². The van der Waals surface area contributed by atoms with Crippen molar-refractivity contribution in [2.75, 3.05) is 18.0 Å². The molecule has 0 spiro atoms. The summed E-state index contributed by atoms with van der Waals surface area (Å²) < 4.78 is 5.04. The average molecular weight is 358 g/mol. The minimum Gasteiger partial charge on any atom is -0.459 e. The van der Waals surface area contributed by atoms with E-state index in [1.54, 1.807) is 12.1 Å². The van der Waals surface area contributed by atoms with Crippen LogP contribution in [0.5, 0.6) is 0 Å². The molecule has 0 radical (unpaired) electrons. The van der Waals surface area contributed by atoms with Gasteiger partial charge < -0.3 is 14.6 Å². The highest BCUT2D eigenvalue weighted by Gasteiger charge is 2.23. The van der Waals surface area contributed by atoms with Crippen molar-refractivity contribution in [1.29, 1.82) is 0 Å². The van der Waals surface area contributed by atoms with Crippen molar-refractivity contribution in [3.63, 3.8) is 0 Å². The topological polar surface area (TPSA) is 62.6 Å². The van der Waals surface area contributed by atoms with Gasteiger partial charge in [0.05, 0.1) is 12.0 Å². The van der Waals surface area contributed by atoms with E-state index < -0.39 is 0 Å². The number of hydrogen-bond acceptors (Lipinski definition) is 4. The van der Waals surface area contributed by atoms with Gasteiger partial charge in [0, 0.05) is 29.7 Å². The van der Waals surface area contributed by atoms with Crippen LogP contribution in [0.25, 0.3) is 0 Å². The van der Waals surface area contributed by atoms with E-state index in [9.17, 15) is 9.59 Å². The molecule has 5 nitrogen and oxygen atoms in total. The highest BCUT2D eigenvalue weighted by Crippen LogP contribution is 2.37. The summed E-state index contributed by atoms with van der Waals surface area (Å²) >= 11 is 1.82. The van der Waals surface area contributed by atoms with Crippen LogP contribution in [0.15, 0.2) is 52.0 Å². The van der Waals surface area contributed by atoms with Crippen molar-refractivity contribution in [3.8, 4) is 0 Å². The van der Waals surface area contributed by atoms with Gasteiger partial charge in [0.1, 0.15) is 0 Å². The number of rotatable bonds is 5. The lowest BCUT2D eigenvalue weighted by Crippen LogP contribution is -2.33. The molecule has 132 valence electrons. The standard InChI is InChI=1S/C19H22N2O3S/c1-14-10-12-21(15-6-2-3-8-17(15)25-14)18(22)9-4-11-20-19(23)16-7-5-13-24-16/h2-3,5-8,13-14H,4,9-12H2,1H3,(H,20,23). The van der Waals surface area contributed by atoms with Crippen LogP contribution >= 0.6 is 11.8 Å². The second-order valence-electron chi connectivity index (χ2n) is 6.07. The van der Waals surface area contributed by atoms with Crippen LogP contribution in [0.1, 0.15) is 36.7 Å². The average Bonchev–Trinajstić information content (AvgIpc) is 3.09. The summed E-state index contributed by atoms with van der Waals surface area (Å²) in [7, 11) is 0. The number of carbonyl (C=O) groups is 2. The summed E-state index contributed by atoms with van der Waals surface area (Å²) in [5.74, 6) is 0.149. The van der Waals surface area contributed by atoms with Crippen molar-refractivity contribution in [2.45, 2.75) is 36.3 Å². The lowest BCUT2D eigenvalue weighted by molar-refractivity contribution is -0.118. The number of furan rings is 1. The summed E-state index contributed by atoms with van der Waals surface area (Å²) in [6.45, 7) is 3.38. The molecule has 25 heavy (non-hydrogen) atoms. The number of anilines is 1. The van der Waals surface area contributed by atoms with Crippen LogP contribution in [0, 0.1) is 0 Å². The third-order valence-electron chi connectivity index (χ3n) is 4.14. The predicted octanol–water partition coefficient (Wildman–Crippen LogP) is 3.71. The number of nitrogens with zero attached hydrogens (tertiary/aromatic N) is 1. The Kier molecular flexibility index (Phi) is 5.81. The first kappa shape index (κ1) is 17.6. The number of hydrogen-bond donors (Lipinski definition) is 1. The number of para-hydroxylation sites is 1. The molecule has 1 unspecified atom stereocenters. The monoisotopic (exact) mass is 358 g/mol. The van der Waals surface area contributed by atoms with E-state index >= 15 is 0 Å². The summed E-state index contributed by atoms with van der Waals surface area (Å²) in [6.07, 6.45) is 3.45. The van der Waals surface area contributed by atoms with Crippen molar-refractivity contribution in [3.05, 3.63) is 48.4 Å². The van der Waals surface area contributed by atoms with Gasteiger partial charge in [0.2, 0.25) is 5.91 Å². The molecule has 1 aromatic heterocycles. The molecule has 1 N–H and O–H groups in total. The van der Waals surface area contributed by atoms with Crippen molar-refractivity contribution in [1.82, 2.24) is 5.32 Å². The first-order valence-electron chi connectivity index (χ1n) is 8.53. The van der Waals surface area contributed by atoms with Gasteiger partial charge >= 0.3 is 0 Å². The van der Waals surface area contributed by atoms with E-state index in [4.69, 9.17) is 4.42 Å². The number of fused-ring (bicyclic) bond motifs is 1. The molecule has 1 aromatic carbocycles. The van der Waals surface area contributed by atoms with Crippen LogP contribution in [-0.2, 0) is 4.79 Å². The molecular formula is C19H22N2O3S. The zero-order valence-electron chi connectivity index (χ0n) is 14.2. The lowest BCUT2D eigenvalue weighted by Gasteiger charge is -2.22. The molecule has 0 saturated carbocycles. The predicted molar refractivity (Wildman–Crippen MR) is 99.0 cm³/mol. The van der Waals surface area contributed by atoms with Crippen LogP contribution in [0.2, 0.25) is 0 Å². The van der Waals surface area contributed by atoms with E-state index in [2.05, 4.69) is 18.3 Å². The minimum absolute atomic E-state index is 0.106. The maximum absolute atomic E-state index is 12.7. The number of amides is 2. The van der Waals surface area contributed by atoms with Gasteiger partial charge in [-0.1, -0.05) is 19.1 Å². The van der Waals surface area contributed by atoms with Gasteiger partial charge in [-0.15, -0.1) is 11.8 Å². The first-order valence-corrected chi connectivity index (χ1v) is 9.41. The van der Waals surface area contributed by atoms with Crippen LogP contribution in [0.4, 0.5) is 5.69 Å². The molecule has 2 amide bonds. The highest BCUT2D eigenvalue weighted by molar-refractivity contribution is 8.00.